The number of hydrogen-bond acceptors (Lipinski definition) is 3. The van der Waals surface area contributed by atoms with Crippen LogP contribution in [0.25, 0.3) is 15.7 Å². The van der Waals surface area contributed by atoms with Crippen LogP contribution >= 0.6 is 11.3 Å². The topological polar surface area (TPSA) is 25.8 Å². The van der Waals surface area contributed by atoms with Crippen LogP contribution < -0.4 is 0 Å². The number of rotatable bonds is 2. The molecule has 0 saturated heterocycles. The summed E-state index contributed by atoms with van der Waals surface area (Å²) in [6, 6.07) is 24.8. The first-order chi connectivity index (χ1) is 18.5. The molecule has 4 aromatic rings. The van der Waals surface area contributed by atoms with Crippen molar-refractivity contribution in [1.82, 2.24) is 9.97 Å². The van der Waals surface area contributed by atoms with E-state index < -0.39 is 0 Å². The van der Waals surface area contributed by atoms with Gasteiger partial charge in [-0.1, -0.05) is 48.4 Å². The third kappa shape index (κ3) is 9.26. The molecule has 179 valence electrons. The molecule has 0 unspecified atom stereocenters. The molecule has 0 atom stereocenters. The minimum atomic E-state index is -0.285. The SMILES string of the molecule is C1=C(c2ccccn2)[CH-]CC(C2CC2)=C1.[2H]c1cnc([2H])c([2H])c1[2H].[Ir].[c-]1cccc2ccccc2scc1. The summed E-state index contributed by atoms with van der Waals surface area (Å²) in [6.07, 6.45) is 13.4. The summed E-state index contributed by atoms with van der Waals surface area (Å²) in [6.45, 7) is 0. The molecule has 2 nitrogen and oxygen atoms in total. The number of allylic oxidation sites excluding steroid dienone is 4. The van der Waals surface area contributed by atoms with Crippen molar-refractivity contribution in [2.45, 2.75) is 19.3 Å². The van der Waals surface area contributed by atoms with E-state index in [1.165, 1.54) is 28.5 Å². The largest absolute Gasteiger partial charge is 0.321 e. The maximum Gasteiger partial charge on any atom is 0.0840 e. The minimum absolute atomic E-state index is 0. The Labute approximate surface area is 231 Å². The molecule has 0 aliphatic heterocycles. The second kappa shape index (κ2) is 15.1. The molecule has 1 aromatic carbocycles. The standard InChI is InChI=1S/C14H14N.C12H9S.C5H5N.Ir/c1-2-10-15-14(3-1)13-8-6-12(7-9-13)11-4-5-11;1-2-6-10-13-12-9-5-4-8-11(12)7-3-1;1-2-4-6-5-3-1;/h1-3,6,8-11H,4-5,7H2;1,3-10H;1-5H;/q2*-1;;/i;;1D,2D,3D,4D;. The van der Waals surface area contributed by atoms with Gasteiger partial charge in [0.05, 0.1) is 5.48 Å². The van der Waals surface area contributed by atoms with Gasteiger partial charge in [-0.3, -0.25) is 4.98 Å². The van der Waals surface area contributed by atoms with E-state index in [-0.39, 0.29) is 44.4 Å². The molecule has 1 radical (unpaired) electrons. The minimum Gasteiger partial charge on any atom is -0.321 e. The molecule has 0 N–H and O–H groups in total. The van der Waals surface area contributed by atoms with Gasteiger partial charge in [-0.05, 0) is 54.1 Å². The van der Waals surface area contributed by atoms with E-state index in [1.807, 2.05) is 41.9 Å². The van der Waals surface area contributed by atoms with E-state index in [4.69, 9.17) is 5.48 Å². The quantitative estimate of drug-likeness (QED) is 0.203. The summed E-state index contributed by atoms with van der Waals surface area (Å²) in [5, 5.41) is 3.31. The van der Waals surface area contributed by atoms with E-state index in [9.17, 15) is 0 Å². The average Bonchev–Trinajstić information content (AvgIpc) is 3.80. The molecular weight excluding hydrogens is 625 g/mol. The Kier molecular flexibility index (Phi) is 9.15. The fourth-order valence-electron chi connectivity index (χ4n) is 3.37. The predicted molar refractivity (Wildman–Crippen MR) is 144 cm³/mol. The molecule has 0 bridgehead atoms. The Morgan fingerprint density at radius 2 is 1.77 bits per heavy atom. The summed E-state index contributed by atoms with van der Waals surface area (Å²) in [7, 11) is 0. The van der Waals surface area contributed by atoms with Crippen LogP contribution in [0.3, 0.4) is 0 Å². The van der Waals surface area contributed by atoms with Gasteiger partial charge in [0.2, 0.25) is 0 Å². The van der Waals surface area contributed by atoms with Gasteiger partial charge in [-0.2, -0.15) is 42.3 Å². The van der Waals surface area contributed by atoms with Crippen molar-refractivity contribution in [2.75, 3.05) is 0 Å². The Balaban J connectivity index is 0.000000163. The summed E-state index contributed by atoms with van der Waals surface area (Å²) in [5.74, 6) is 0.891. The van der Waals surface area contributed by atoms with Gasteiger partial charge in [-0.25, -0.2) is 11.3 Å². The van der Waals surface area contributed by atoms with Gasteiger partial charge < -0.3 is 4.98 Å². The second-order valence-electron chi connectivity index (χ2n) is 7.68. The van der Waals surface area contributed by atoms with Crippen molar-refractivity contribution in [3.63, 3.8) is 0 Å². The first kappa shape index (κ1) is 21.3. The maximum absolute atomic E-state index is 7.05. The number of pyridine rings is 2. The van der Waals surface area contributed by atoms with E-state index in [1.54, 1.807) is 16.9 Å². The molecule has 3 aromatic heterocycles. The van der Waals surface area contributed by atoms with Crippen molar-refractivity contribution in [3.05, 3.63) is 145 Å². The van der Waals surface area contributed by atoms with Gasteiger partial charge in [0.15, 0.2) is 0 Å². The average molecular weight is 657 g/mol. The zero-order valence-electron chi connectivity index (χ0n) is 23.1. The van der Waals surface area contributed by atoms with E-state index in [2.05, 4.69) is 71.0 Å². The van der Waals surface area contributed by atoms with E-state index in [0.717, 1.165) is 24.2 Å². The number of aromatic nitrogens is 2. The van der Waals surface area contributed by atoms with Crippen molar-refractivity contribution in [3.8, 4) is 0 Å². The van der Waals surface area contributed by atoms with Crippen LogP contribution in [-0.4, -0.2) is 9.97 Å². The monoisotopic (exact) mass is 657 g/mol. The summed E-state index contributed by atoms with van der Waals surface area (Å²) >= 11 is 1.72. The van der Waals surface area contributed by atoms with Crippen LogP contribution in [-0.2, 0) is 20.1 Å². The van der Waals surface area contributed by atoms with Gasteiger partial charge in [0.1, 0.15) is 0 Å². The number of fused-ring (bicyclic) bond motifs is 1. The van der Waals surface area contributed by atoms with Gasteiger partial charge >= 0.3 is 0 Å². The molecule has 1 fully saturated rings. The zero-order chi connectivity index (χ0) is 26.7. The third-order valence-electron chi connectivity index (χ3n) is 5.23. The zero-order valence-corrected chi connectivity index (χ0v) is 22.4. The van der Waals surface area contributed by atoms with Crippen LogP contribution in [0.15, 0.2) is 127 Å². The van der Waals surface area contributed by atoms with Crippen molar-refractivity contribution >= 4 is 27.0 Å². The fraction of sp³-hybridized carbons (Fsp3) is 0.129. The van der Waals surface area contributed by atoms with Crippen LogP contribution in [0, 0.1) is 18.4 Å². The molecule has 2 aliphatic rings. The molecule has 3 heterocycles. The smallest absolute Gasteiger partial charge is 0.0840 e. The Morgan fingerprint density at radius 3 is 2.54 bits per heavy atom. The maximum atomic E-state index is 7.05. The van der Waals surface area contributed by atoms with Crippen LogP contribution in [0.4, 0.5) is 0 Å². The Morgan fingerprint density at radius 1 is 0.914 bits per heavy atom. The molecule has 35 heavy (non-hydrogen) atoms. The van der Waals surface area contributed by atoms with Gasteiger partial charge in [0, 0.05) is 43.4 Å². The summed E-state index contributed by atoms with van der Waals surface area (Å²) in [5.41, 5.74) is 3.96. The van der Waals surface area contributed by atoms with Crippen LogP contribution in [0.1, 0.15) is 30.4 Å². The van der Waals surface area contributed by atoms with Crippen molar-refractivity contribution < 1.29 is 25.6 Å². The summed E-state index contributed by atoms with van der Waals surface area (Å²) in [4.78, 5) is 7.77. The molecule has 0 spiro atoms. The van der Waals surface area contributed by atoms with Crippen molar-refractivity contribution in [2.24, 2.45) is 5.92 Å². The molecule has 2 aliphatic carbocycles. The third-order valence-corrected chi connectivity index (χ3v) is 6.13. The van der Waals surface area contributed by atoms with Crippen LogP contribution in [0.2, 0.25) is 0 Å². The first-order valence-electron chi connectivity index (χ1n) is 13.2. The molecule has 0 amide bonds. The molecule has 4 heteroatoms. The van der Waals surface area contributed by atoms with E-state index >= 15 is 0 Å². The Bertz CT molecular complexity index is 1410. The van der Waals surface area contributed by atoms with Crippen molar-refractivity contribution in [1.29, 1.82) is 0 Å². The predicted octanol–water partition coefficient (Wildman–Crippen LogP) is 8.31. The number of nitrogens with zero attached hydrogens (tertiary/aromatic N) is 2. The van der Waals surface area contributed by atoms with Gasteiger partial charge in [0.25, 0.3) is 0 Å². The first-order valence-corrected chi connectivity index (χ1v) is 12.1. The molecule has 1 saturated carbocycles. The molecular formula is C31H28IrN2S-2. The second-order valence-corrected chi connectivity index (χ2v) is 8.62. The number of hydrogen-bond donors (Lipinski definition) is 0. The Hall–Kier alpha value is -3.04. The van der Waals surface area contributed by atoms with Crippen LogP contribution in [0.5, 0.6) is 0 Å². The van der Waals surface area contributed by atoms with Gasteiger partial charge in [-0.15, -0.1) is 17.5 Å². The summed E-state index contributed by atoms with van der Waals surface area (Å²) < 4.78 is 29.3. The molecule has 6 rings (SSSR count). The normalized spacial score (nSPS) is 15.2. The fourth-order valence-corrected chi connectivity index (χ4v) is 4.09. The van der Waals surface area contributed by atoms with E-state index in [0.29, 0.717) is 0 Å². The number of benzene rings is 1.